The normalized spacial score (nSPS) is 14.5. The number of nitrogens with one attached hydrogen (secondary N) is 1. The number of aromatic hydroxyl groups is 1. The van der Waals surface area contributed by atoms with Gasteiger partial charge in [-0.1, -0.05) is 0 Å². The minimum absolute atomic E-state index is 0.0616. The SMILES string of the molecule is COc1ccc(C=CC(=O)NCc2c3c(c(O)c4c2OCO4)C(=O)N(C)CC3)c(OC)c1. The number of likely N-dealkylation sites (N-methyl/N-ethyl adjacent to an activating group) is 1. The van der Waals surface area contributed by atoms with E-state index in [-0.39, 0.29) is 42.2 Å². The molecule has 0 aliphatic carbocycles. The van der Waals surface area contributed by atoms with E-state index in [2.05, 4.69) is 5.32 Å². The fourth-order valence-electron chi connectivity index (χ4n) is 3.84. The van der Waals surface area contributed by atoms with Gasteiger partial charge in [0.1, 0.15) is 11.5 Å². The largest absolute Gasteiger partial charge is 0.504 e. The Bertz CT molecular complexity index is 1110. The highest BCUT2D eigenvalue weighted by Crippen LogP contribution is 2.48. The van der Waals surface area contributed by atoms with Crippen LogP contribution < -0.4 is 24.3 Å². The Morgan fingerprint density at radius 2 is 2.03 bits per heavy atom. The predicted molar refractivity (Wildman–Crippen MR) is 115 cm³/mol. The first-order valence-electron chi connectivity index (χ1n) is 10.0. The fraction of sp³-hybridized carbons (Fsp3) is 0.304. The third kappa shape index (κ3) is 3.77. The maximum absolute atomic E-state index is 12.6. The molecule has 2 heterocycles. The van der Waals surface area contributed by atoms with Gasteiger partial charge in [0.25, 0.3) is 5.91 Å². The molecule has 9 nitrogen and oxygen atoms in total. The van der Waals surface area contributed by atoms with E-state index < -0.39 is 0 Å². The number of rotatable bonds is 6. The molecule has 0 radical (unpaired) electrons. The van der Waals surface area contributed by atoms with Crippen molar-refractivity contribution in [3.8, 4) is 28.7 Å². The summed E-state index contributed by atoms with van der Waals surface area (Å²) in [7, 11) is 4.79. The minimum Gasteiger partial charge on any atom is -0.504 e. The van der Waals surface area contributed by atoms with Crippen LogP contribution in [0.25, 0.3) is 6.08 Å². The van der Waals surface area contributed by atoms with Crippen LogP contribution >= 0.6 is 0 Å². The molecule has 0 spiro atoms. The molecule has 32 heavy (non-hydrogen) atoms. The third-order valence-corrected chi connectivity index (χ3v) is 5.56. The summed E-state index contributed by atoms with van der Waals surface area (Å²) in [6, 6.07) is 5.30. The summed E-state index contributed by atoms with van der Waals surface area (Å²) in [5.41, 5.74) is 2.22. The Labute approximate surface area is 185 Å². The van der Waals surface area contributed by atoms with Crippen molar-refractivity contribution in [1.29, 1.82) is 0 Å². The summed E-state index contributed by atoms with van der Waals surface area (Å²) >= 11 is 0. The van der Waals surface area contributed by atoms with E-state index in [1.807, 2.05) is 0 Å². The van der Waals surface area contributed by atoms with Gasteiger partial charge in [-0.3, -0.25) is 9.59 Å². The van der Waals surface area contributed by atoms with Crippen LogP contribution in [0.3, 0.4) is 0 Å². The van der Waals surface area contributed by atoms with Gasteiger partial charge in [0.05, 0.1) is 19.8 Å². The Kier molecular flexibility index (Phi) is 5.81. The van der Waals surface area contributed by atoms with Crippen molar-refractivity contribution >= 4 is 17.9 Å². The molecule has 2 N–H and O–H groups in total. The molecule has 2 aliphatic rings. The molecular weight excluding hydrogens is 416 g/mol. The number of carbonyl (C=O) groups is 2. The van der Waals surface area contributed by atoms with E-state index in [1.165, 1.54) is 11.0 Å². The van der Waals surface area contributed by atoms with Crippen LogP contribution in [0.15, 0.2) is 24.3 Å². The van der Waals surface area contributed by atoms with E-state index in [0.29, 0.717) is 41.3 Å². The topological polar surface area (TPSA) is 107 Å². The predicted octanol–water partition coefficient (Wildman–Crippen LogP) is 2.10. The molecule has 4 rings (SSSR count). The smallest absolute Gasteiger partial charge is 0.257 e. The van der Waals surface area contributed by atoms with Crippen LogP contribution in [-0.2, 0) is 17.8 Å². The zero-order chi connectivity index (χ0) is 22.8. The van der Waals surface area contributed by atoms with Crippen LogP contribution in [0, 0.1) is 0 Å². The van der Waals surface area contributed by atoms with E-state index in [1.54, 1.807) is 45.5 Å². The second-order valence-corrected chi connectivity index (χ2v) is 7.38. The molecule has 0 saturated carbocycles. The van der Waals surface area contributed by atoms with Crippen molar-refractivity contribution in [3.05, 3.63) is 46.5 Å². The number of ether oxygens (including phenoxy) is 4. The molecule has 2 aromatic rings. The molecule has 0 bridgehead atoms. The summed E-state index contributed by atoms with van der Waals surface area (Å²) in [4.78, 5) is 26.7. The number of benzene rings is 2. The first-order valence-corrected chi connectivity index (χ1v) is 10.0. The number of phenolic OH excluding ortho intramolecular Hbond substituents is 1. The second kappa shape index (κ2) is 8.70. The molecule has 168 valence electrons. The molecule has 2 aliphatic heterocycles. The lowest BCUT2D eigenvalue weighted by Crippen LogP contribution is -2.35. The number of methoxy groups -OCH3 is 2. The number of carbonyl (C=O) groups excluding carboxylic acids is 2. The molecular formula is C23H24N2O7. The van der Waals surface area contributed by atoms with Gasteiger partial charge in [-0.2, -0.15) is 0 Å². The Balaban J connectivity index is 1.56. The van der Waals surface area contributed by atoms with Crippen LogP contribution in [0.2, 0.25) is 0 Å². The zero-order valence-corrected chi connectivity index (χ0v) is 18.1. The number of hydrogen-bond acceptors (Lipinski definition) is 7. The van der Waals surface area contributed by atoms with Crippen molar-refractivity contribution < 1.29 is 33.6 Å². The van der Waals surface area contributed by atoms with Gasteiger partial charge in [-0.25, -0.2) is 0 Å². The maximum atomic E-state index is 12.6. The molecule has 9 heteroatoms. The minimum atomic E-state index is -0.336. The molecule has 0 unspecified atom stereocenters. The van der Waals surface area contributed by atoms with Crippen LogP contribution in [0.1, 0.15) is 27.0 Å². The monoisotopic (exact) mass is 440 g/mol. The highest BCUT2D eigenvalue weighted by molar-refractivity contribution is 6.01. The van der Waals surface area contributed by atoms with Crippen LogP contribution in [0.5, 0.6) is 28.7 Å². The lowest BCUT2D eigenvalue weighted by Gasteiger charge is -2.28. The van der Waals surface area contributed by atoms with E-state index in [0.717, 1.165) is 5.56 Å². The van der Waals surface area contributed by atoms with Crippen molar-refractivity contribution in [3.63, 3.8) is 0 Å². The number of fused-ring (bicyclic) bond motifs is 2. The van der Waals surface area contributed by atoms with Gasteiger partial charge in [0.15, 0.2) is 11.5 Å². The van der Waals surface area contributed by atoms with Gasteiger partial charge >= 0.3 is 0 Å². The molecule has 0 fully saturated rings. The highest BCUT2D eigenvalue weighted by Gasteiger charge is 2.35. The zero-order valence-electron chi connectivity index (χ0n) is 18.1. The molecule has 0 aromatic heterocycles. The van der Waals surface area contributed by atoms with Gasteiger partial charge in [-0.05, 0) is 30.2 Å². The standard InChI is InChI=1S/C23H24N2O7/c1-25-9-8-15-16(21-22(32-12-31-21)20(27)19(15)23(25)28)11-24-18(26)7-5-13-4-6-14(29-2)10-17(13)30-3/h4-7,10,27H,8-9,11-12H2,1-3H3,(H,24,26). The first-order chi connectivity index (χ1) is 15.4. The van der Waals surface area contributed by atoms with E-state index in [9.17, 15) is 14.7 Å². The highest BCUT2D eigenvalue weighted by atomic mass is 16.7. The van der Waals surface area contributed by atoms with Crippen LogP contribution in [0.4, 0.5) is 0 Å². The average Bonchev–Trinajstić information content (AvgIpc) is 3.29. The number of amides is 2. The molecule has 0 atom stereocenters. The quantitative estimate of drug-likeness (QED) is 0.663. The first kappa shape index (κ1) is 21.4. The summed E-state index contributed by atoms with van der Waals surface area (Å²) in [5, 5.41) is 13.4. The second-order valence-electron chi connectivity index (χ2n) is 7.38. The maximum Gasteiger partial charge on any atom is 0.257 e. The molecule has 2 amide bonds. The summed E-state index contributed by atoms with van der Waals surface area (Å²) in [6.45, 7) is 0.561. The number of hydrogen-bond donors (Lipinski definition) is 2. The van der Waals surface area contributed by atoms with E-state index in [4.69, 9.17) is 18.9 Å². The van der Waals surface area contributed by atoms with Crippen molar-refractivity contribution in [2.75, 3.05) is 34.6 Å². The average molecular weight is 440 g/mol. The number of nitrogens with zero attached hydrogens (tertiary/aromatic N) is 1. The summed E-state index contributed by atoms with van der Waals surface area (Å²) in [6.07, 6.45) is 3.57. The molecule has 0 saturated heterocycles. The van der Waals surface area contributed by atoms with Gasteiger partial charge in [-0.15, -0.1) is 0 Å². The Hall–Kier alpha value is -3.88. The Morgan fingerprint density at radius 1 is 1.25 bits per heavy atom. The van der Waals surface area contributed by atoms with E-state index >= 15 is 0 Å². The summed E-state index contributed by atoms with van der Waals surface area (Å²) in [5.74, 6) is 0.877. The lowest BCUT2D eigenvalue weighted by atomic mass is 9.91. The number of phenols is 1. The molecule has 2 aromatic carbocycles. The van der Waals surface area contributed by atoms with Crippen molar-refractivity contribution in [2.24, 2.45) is 0 Å². The Morgan fingerprint density at radius 3 is 2.78 bits per heavy atom. The van der Waals surface area contributed by atoms with Crippen molar-refractivity contribution in [1.82, 2.24) is 10.2 Å². The van der Waals surface area contributed by atoms with Crippen LogP contribution in [-0.4, -0.2) is 56.4 Å². The van der Waals surface area contributed by atoms with Gasteiger partial charge in [0, 0.05) is 43.4 Å². The third-order valence-electron chi connectivity index (χ3n) is 5.56. The van der Waals surface area contributed by atoms with Gasteiger partial charge < -0.3 is 34.3 Å². The van der Waals surface area contributed by atoms with Gasteiger partial charge in [0.2, 0.25) is 18.4 Å². The van der Waals surface area contributed by atoms with Crippen molar-refractivity contribution in [2.45, 2.75) is 13.0 Å². The lowest BCUT2D eigenvalue weighted by molar-refractivity contribution is -0.116. The fourth-order valence-corrected chi connectivity index (χ4v) is 3.84. The summed E-state index contributed by atoms with van der Waals surface area (Å²) < 4.78 is 21.4.